The average molecular weight is 1010 g/mol. The molecule has 1 amide bonds. The van der Waals surface area contributed by atoms with Crippen molar-refractivity contribution in [2.75, 3.05) is 13.2 Å². The van der Waals surface area contributed by atoms with Gasteiger partial charge in [0, 0.05) is 12.6 Å². The van der Waals surface area contributed by atoms with Gasteiger partial charge in [0.2, 0.25) is 11.8 Å². The van der Waals surface area contributed by atoms with E-state index in [1.807, 2.05) is 112 Å². The fourth-order valence-electron chi connectivity index (χ4n) is 9.04. The van der Waals surface area contributed by atoms with Crippen molar-refractivity contribution in [3.8, 4) is 17.8 Å². The second kappa shape index (κ2) is 24.6. The molecule has 6 aromatic rings. The number of ether oxygens (including phenoxy) is 4. The zero-order valence-electron chi connectivity index (χ0n) is 40.9. The van der Waals surface area contributed by atoms with E-state index in [0.29, 0.717) is 24.2 Å². The molecule has 0 aliphatic heterocycles. The number of alkyl halides is 3. The van der Waals surface area contributed by atoms with Crippen LogP contribution in [0.5, 0.6) is 17.8 Å². The molecule has 0 N–H and O–H groups in total. The maximum absolute atomic E-state index is 15.5. The summed E-state index contributed by atoms with van der Waals surface area (Å²) in [6.07, 6.45) is -4.60. The Morgan fingerprint density at radius 1 is 0.708 bits per heavy atom. The summed E-state index contributed by atoms with van der Waals surface area (Å²) in [7, 11) is -2.81. The number of carbonyl (C=O) groups excluding carboxylic acids is 2. The highest BCUT2D eigenvalue weighted by Gasteiger charge is 2.45. The molecule has 1 atom stereocenters. The van der Waals surface area contributed by atoms with E-state index in [1.165, 1.54) is 0 Å². The second-order valence-electron chi connectivity index (χ2n) is 17.8. The van der Waals surface area contributed by atoms with Crippen LogP contribution >= 0.6 is 0 Å². The summed E-state index contributed by atoms with van der Waals surface area (Å²) in [4.78, 5) is 38.5. The zero-order chi connectivity index (χ0) is 51.3. The summed E-state index contributed by atoms with van der Waals surface area (Å²) in [6.45, 7) is 6.86. The molecule has 72 heavy (non-hydrogen) atoms. The van der Waals surface area contributed by atoms with E-state index in [2.05, 4.69) is 5.10 Å². The lowest BCUT2D eigenvalue weighted by Gasteiger charge is -2.37. The van der Waals surface area contributed by atoms with E-state index in [1.54, 1.807) is 6.92 Å². The summed E-state index contributed by atoms with van der Waals surface area (Å²) in [5.41, 5.74) is 0.406. The highest BCUT2D eigenvalue weighted by atomic mass is 28.4. The topological polar surface area (TPSA) is 127 Å². The summed E-state index contributed by atoms with van der Waals surface area (Å²) < 4.78 is 109. The standard InChI is InChI=1S/C54H60F5N5O7Si/c1-5-67-52(66)41-24-26-44(27-25-41)64-48(54(57,58)59)45(31-60-64)51(65)63(32-40-28-42(55)30-43(56)29-40)33-46(71-72(6-2,7-3)8-4)47-49(68-34-37-18-12-9-13-19-37)61-53(70-36-39-22-16-11-17-23-39)62-50(47)69-35-38-20-14-10-15-21-38/h9-23,28-31,41,44,46H,5-8,24-27,32-36H2,1-4H3/t41-,44-,46?. The SMILES string of the molecule is CCOC(=O)[C@H]1CC[C@H](n2ncc(C(=O)N(Cc3cc(F)cc(F)c3)CC(O[Si](CC)(CC)CC)c3c(OCc4ccccc4)nc(OCc4ccccc4)nc3OCc3ccccc3)c2C(F)(F)F)CC1. The molecular formula is C54H60F5N5O7Si. The van der Waals surface area contributed by atoms with Crippen LogP contribution in [-0.4, -0.2) is 58.0 Å². The molecule has 7 rings (SSSR count). The number of halogens is 5. The second-order valence-corrected chi connectivity index (χ2v) is 22.5. The molecular weight excluding hydrogens is 954 g/mol. The zero-order valence-corrected chi connectivity index (χ0v) is 41.9. The molecule has 1 aliphatic rings. The first-order valence-corrected chi connectivity index (χ1v) is 26.9. The Morgan fingerprint density at radius 3 is 1.68 bits per heavy atom. The van der Waals surface area contributed by atoms with Crippen LogP contribution in [0.1, 0.15) is 109 Å². The van der Waals surface area contributed by atoms with Crippen LogP contribution in [0.4, 0.5) is 22.0 Å². The number of rotatable bonds is 23. The van der Waals surface area contributed by atoms with Crippen LogP contribution in [0, 0.1) is 17.6 Å². The molecule has 18 heteroatoms. The summed E-state index contributed by atoms with van der Waals surface area (Å²) in [5.74, 6) is -4.00. The Balaban J connectivity index is 1.39. The normalized spacial score (nSPS) is 15.4. The molecule has 2 aromatic heterocycles. The Bertz CT molecular complexity index is 2610. The van der Waals surface area contributed by atoms with Crippen molar-refractivity contribution in [2.24, 2.45) is 5.92 Å². The monoisotopic (exact) mass is 1010 g/mol. The Labute approximate surface area is 417 Å². The number of hydrogen-bond donors (Lipinski definition) is 0. The Morgan fingerprint density at radius 2 is 1.21 bits per heavy atom. The summed E-state index contributed by atoms with van der Waals surface area (Å²) in [5, 5.41) is 4.19. The van der Waals surface area contributed by atoms with Crippen molar-refractivity contribution in [3.63, 3.8) is 0 Å². The number of hydrogen-bond acceptors (Lipinski definition) is 10. The van der Waals surface area contributed by atoms with Gasteiger partial charge in [-0.15, -0.1) is 0 Å². The largest absolute Gasteiger partial charge is 0.472 e. The molecule has 382 valence electrons. The van der Waals surface area contributed by atoms with E-state index < -0.39 is 80.4 Å². The van der Waals surface area contributed by atoms with Crippen LogP contribution in [-0.2, 0) is 46.5 Å². The van der Waals surface area contributed by atoms with E-state index in [4.69, 9.17) is 33.3 Å². The van der Waals surface area contributed by atoms with Gasteiger partial charge in [-0.3, -0.25) is 14.3 Å². The molecule has 2 heterocycles. The third-order valence-electron chi connectivity index (χ3n) is 13.1. The van der Waals surface area contributed by atoms with Gasteiger partial charge in [0.05, 0.1) is 43.0 Å². The predicted octanol–water partition coefficient (Wildman–Crippen LogP) is 12.4. The molecule has 0 spiro atoms. The van der Waals surface area contributed by atoms with Gasteiger partial charge < -0.3 is 28.3 Å². The third kappa shape index (κ3) is 13.6. The highest BCUT2D eigenvalue weighted by Crippen LogP contribution is 2.43. The smallest absolute Gasteiger partial charge is 0.433 e. The minimum absolute atomic E-state index is 0.00717. The van der Waals surface area contributed by atoms with Gasteiger partial charge in [0.25, 0.3) is 5.91 Å². The minimum Gasteiger partial charge on any atom is -0.472 e. The van der Waals surface area contributed by atoms with Gasteiger partial charge in [-0.25, -0.2) is 8.78 Å². The predicted molar refractivity (Wildman–Crippen MR) is 261 cm³/mol. The van der Waals surface area contributed by atoms with E-state index in [0.717, 1.165) is 44.6 Å². The van der Waals surface area contributed by atoms with Crippen LogP contribution in [0.2, 0.25) is 18.1 Å². The molecule has 1 saturated carbocycles. The van der Waals surface area contributed by atoms with Gasteiger partial charge in [-0.1, -0.05) is 112 Å². The number of nitrogens with zero attached hydrogens (tertiary/aromatic N) is 5. The number of aromatic nitrogens is 4. The number of benzene rings is 4. The van der Waals surface area contributed by atoms with E-state index >= 15 is 18.0 Å². The fourth-order valence-corrected chi connectivity index (χ4v) is 11.8. The molecule has 1 fully saturated rings. The molecule has 0 saturated heterocycles. The highest BCUT2D eigenvalue weighted by molar-refractivity contribution is 6.73. The Hall–Kier alpha value is -6.66. The van der Waals surface area contributed by atoms with Crippen molar-refractivity contribution in [3.05, 3.63) is 166 Å². The number of esters is 1. The maximum Gasteiger partial charge on any atom is 0.433 e. The van der Waals surface area contributed by atoms with Gasteiger partial charge in [-0.2, -0.15) is 28.2 Å². The lowest BCUT2D eigenvalue weighted by atomic mass is 9.86. The average Bonchev–Trinajstić information content (AvgIpc) is 3.85. The Kier molecular flexibility index (Phi) is 18.2. The van der Waals surface area contributed by atoms with Crippen molar-refractivity contribution < 1.29 is 54.9 Å². The third-order valence-corrected chi connectivity index (χ3v) is 17.7. The maximum atomic E-state index is 15.5. The first-order chi connectivity index (χ1) is 34.7. The van der Waals surface area contributed by atoms with Crippen molar-refractivity contribution in [1.29, 1.82) is 0 Å². The number of amides is 1. The van der Waals surface area contributed by atoms with E-state index in [-0.39, 0.29) is 81.0 Å². The summed E-state index contributed by atoms with van der Waals surface area (Å²) >= 11 is 0. The lowest BCUT2D eigenvalue weighted by Crippen LogP contribution is -2.42. The van der Waals surface area contributed by atoms with Gasteiger partial charge in [-0.05, 0) is 85.1 Å². The molecule has 0 bridgehead atoms. The summed E-state index contributed by atoms with van der Waals surface area (Å²) in [6, 6.07) is 31.5. The quantitative estimate of drug-likeness (QED) is 0.0348. The van der Waals surface area contributed by atoms with Crippen LogP contribution < -0.4 is 14.2 Å². The van der Waals surface area contributed by atoms with Crippen molar-refractivity contribution >= 4 is 20.2 Å². The van der Waals surface area contributed by atoms with Crippen molar-refractivity contribution in [2.45, 2.75) is 116 Å². The fraction of sp³-hybridized carbons (Fsp3) is 0.389. The molecule has 0 radical (unpaired) electrons. The van der Waals surface area contributed by atoms with Crippen LogP contribution in [0.3, 0.4) is 0 Å². The van der Waals surface area contributed by atoms with Crippen LogP contribution in [0.15, 0.2) is 115 Å². The lowest BCUT2D eigenvalue weighted by molar-refractivity contribution is -0.151. The van der Waals surface area contributed by atoms with Gasteiger partial charge in [0.1, 0.15) is 37.0 Å². The minimum atomic E-state index is -5.08. The van der Waals surface area contributed by atoms with Gasteiger partial charge >= 0.3 is 18.2 Å². The molecule has 4 aromatic carbocycles. The molecule has 1 unspecified atom stereocenters. The van der Waals surface area contributed by atoms with Crippen molar-refractivity contribution in [1.82, 2.24) is 24.6 Å². The van der Waals surface area contributed by atoms with Crippen LogP contribution in [0.25, 0.3) is 0 Å². The molecule has 1 aliphatic carbocycles. The first kappa shape index (κ1) is 53.1. The van der Waals surface area contributed by atoms with Gasteiger partial charge in [0.15, 0.2) is 14.0 Å². The van der Waals surface area contributed by atoms with E-state index in [9.17, 15) is 13.6 Å². The molecule has 12 nitrogen and oxygen atoms in total. The first-order valence-electron chi connectivity index (χ1n) is 24.4. The number of carbonyl (C=O) groups is 2.